The van der Waals surface area contributed by atoms with E-state index in [0.29, 0.717) is 5.82 Å². The monoisotopic (exact) mass is 203 g/mol. The maximum absolute atomic E-state index is 12.7. The SMILES string of the molecule is Cc1nc(N)cnc1-c1ccc(F)cc1. The first-order valence-electron chi connectivity index (χ1n) is 4.52. The topological polar surface area (TPSA) is 51.8 Å². The van der Waals surface area contributed by atoms with Crippen molar-refractivity contribution in [1.29, 1.82) is 0 Å². The average Bonchev–Trinajstić information content (AvgIpc) is 2.20. The number of benzene rings is 1. The minimum absolute atomic E-state index is 0.264. The van der Waals surface area contributed by atoms with Gasteiger partial charge in [-0.05, 0) is 31.2 Å². The number of hydrogen-bond acceptors (Lipinski definition) is 3. The van der Waals surface area contributed by atoms with Gasteiger partial charge in [-0.1, -0.05) is 0 Å². The largest absolute Gasteiger partial charge is 0.382 e. The first-order valence-corrected chi connectivity index (χ1v) is 4.52. The van der Waals surface area contributed by atoms with Crippen LogP contribution in [0.15, 0.2) is 30.5 Å². The summed E-state index contributed by atoms with van der Waals surface area (Å²) in [6, 6.07) is 6.13. The smallest absolute Gasteiger partial charge is 0.142 e. The van der Waals surface area contributed by atoms with Gasteiger partial charge in [0, 0.05) is 5.56 Å². The van der Waals surface area contributed by atoms with E-state index < -0.39 is 0 Å². The van der Waals surface area contributed by atoms with Crippen LogP contribution >= 0.6 is 0 Å². The van der Waals surface area contributed by atoms with Crippen LogP contribution in [-0.2, 0) is 0 Å². The van der Waals surface area contributed by atoms with Crippen molar-refractivity contribution in [3.63, 3.8) is 0 Å². The van der Waals surface area contributed by atoms with E-state index in [4.69, 9.17) is 5.73 Å². The molecule has 0 spiro atoms. The van der Waals surface area contributed by atoms with Gasteiger partial charge in [0.1, 0.15) is 11.6 Å². The molecule has 0 aliphatic heterocycles. The fraction of sp³-hybridized carbons (Fsp3) is 0.0909. The second kappa shape index (κ2) is 3.65. The molecule has 15 heavy (non-hydrogen) atoms. The van der Waals surface area contributed by atoms with E-state index in [-0.39, 0.29) is 5.82 Å². The molecule has 1 heterocycles. The van der Waals surface area contributed by atoms with Crippen molar-refractivity contribution in [1.82, 2.24) is 9.97 Å². The molecule has 0 amide bonds. The summed E-state index contributed by atoms with van der Waals surface area (Å²) in [5.41, 5.74) is 7.79. The summed E-state index contributed by atoms with van der Waals surface area (Å²) in [5, 5.41) is 0. The van der Waals surface area contributed by atoms with E-state index in [0.717, 1.165) is 17.0 Å². The van der Waals surface area contributed by atoms with Gasteiger partial charge in [-0.15, -0.1) is 0 Å². The Hall–Kier alpha value is -1.97. The number of nitrogens with two attached hydrogens (primary N) is 1. The molecule has 0 saturated carbocycles. The Kier molecular flexibility index (Phi) is 2.33. The molecule has 0 fully saturated rings. The summed E-state index contributed by atoms with van der Waals surface area (Å²) in [6.45, 7) is 1.82. The molecule has 0 unspecified atom stereocenters. The van der Waals surface area contributed by atoms with Gasteiger partial charge < -0.3 is 5.73 Å². The lowest BCUT2D eigenvalue weighted by molar-refractivity contribution is 0.628. The van der Waals surface area contributed by atoms with Gasteiger partial charge in [0.05, 0.1) is 17.6 Å². The lowest BCUT2D eigenvalue weighted by Crippen LogP contribution is -1.97. The molecule has 0 saturated heterocycles. The summed E-state index contributed by atoms with van der Waals surface area (Å²) in [5.74, 6) is 0.123. The lowest BCUT2D eigenvalue weighted by atomic mass is 10.1. The molecule has 0 aliphatic rings. The Morgan fingerprint density at radius 2 is 1.87 bits per heavy atom. The second-order valence-electron chi connectivity index (χ2n) is 3.24. The van der Waals surface area contributed by atoms with Crippen LogP contribution in [0, 0.1) is 12.7 Å². The van der Waals surface area contributed by atoms with Crippen molar-refractivity contribution < 1.29 is 4.39 Å². The first kappa shape index (κ1) is 9.58. The zero-order valence-corrected chi connectivity index (χ0v) is 8.24. The van der Waals surface area contributed by atoms with Crippen LogP contribution in [0.1, 0.15) is 5.69 Å². The van der Waals surface area contributed by atoms with Gasteiger partial charge in [0.2, 0.25) is 0 Å². The van der Waals surface area contributed by atoms with E-state index >= 15 is 0 Å². The maximum Gasteiger partial charge on any atom is 0.142 e. The molecule has 0 bridgehead atoms. The molecule has 2 aromatic rings. The number of aryl methyl sites for hydroxylation is 1. The predicted molar refractivity (Wildman–Crippen MR) is 56.6 cm³/mol. The number of nitrogens with zero attached hydrogens (tertiary/aromatic N) is 2. The van der Waals surface area contributed by atoms with Crippen molar-refractivity contribution in [2.75, 3.05) is 5.73 Å². The highest BCUT2D eigenvalue weighted by Crippen LogP contribution is 2.20. The molecule has 2 rings (SSSR count). The van der Waals surface area contributed by atoms with Crippen molar-refractivity contribution >= 4 is 5.82 Å². The Bertz CT molecular complexity index is 480. The normalized spacial score (nSPS) is 10.3. The lowest BCUT2D eigenvalue weighted by Gasteiger charge is -2.04. The summed E-state index contributed by atoms with van der Waals surface area (Å²) < 4.78 is 12.7. The summed E-state index contributed by atoms with van der Waals surface area (Å²) in [4.78, 5) is 8.26. The molecular formula is C11H10FN3. The van der Waals surface area contributed by atoms with Crippen molar-refractivity contribution in [2.45, 2.75) is 6.92 Å². The average molecular weight is 203 g/mol. The molecule has 0 aliphatic carbocycles. The van der Waals surface area contributed by atoms with E-state index in [2.05, 4.69) is 9.97 Å². The molecule has 1 aromatic heterocycles. The third kappa shape index (κ3) is 1.93. The van der Waals surface area contributed by atoms with Crippen LogP contribution in [0.25, 0.3) is 11.3 Å². The molecule has 1 aromatic carbocycles. The predicted octanol–water partition coefficient (Wildman–Crippen LogP) is 2.17. The number of hydrogen-bond donors (Lipinski definition) is 1. The third-order valence-corrected chi connectivity index (χ3v) is 2.08. The number of halogens is 1. The minimum atomic E-state index is -0.264. The van der Waals surface area contributed by atoms with Crippen molar-refractivity contribution in [3.8, 4) is 11.3 Å². The van der Waals surface area contributed by atoms with Gasteiger partial charge in [0.25, 0.3) is 0 Å². The number of anilines is 1. The van der Waals surface area contributed by atoms with Crippen LogP contribution in [-0.4, -0.2) is 9.97 Å². The fourth-order valence-electron chi connectivity index (χ4n) is 1.39. The first-order chi connectivity index (χ1) is 7.16. The highest BCUT2D eigenvalue weighted by molar-refractivity contribution is 5.61. The molecule has 76 valence electrons. The molecule has 3 nitrogen and oxygen atoms in total. The van der Waals surface area contributed by atoms with Crippen LogP contribution < -0.4 is 5.73 Å². The zero-order valence-electron chi connectivity index (χ0n) is 8.24. The second-order valence-corrected chi connectivity index (χ2v) is 3.24. The quantitative estimate of drug-likeness (QED) is 0.772. The Morgan fingerprint density at radius 1 is 1.20 bits per heavy atom. The molecule has 2 N–H and O–H groups in total. The Morgan fingerprint density at radius 3 is 2.47 bits per heavy atom. The number of rotatable bonds is 1. The highest BCUT2D eigenvalue weighted by atomic mass is 19.1. The number of aromatic nitrogens is 2. The standard InChI is InChI=1S/C11H10FN3/c1-7-11(14-6-10(13)15-7)8-2-4-9(12)5-3-8/h2-6H,1H3,(H2,13,15). The summed E-state index contributed by atoms with van der Waals surface area (Å²) >= 11 is 0. The van der Waals surface area contributed by atoms with Crippen molar-refractivity contribution in [2.24, 2.45) is 0 Å². The van der Waals surface area contributed by atoms with E-state index in [1.807, 2.05) is 6.92 Å². The number of nitrogen functional groups attached to an aromatic ring is 1. The molecule has 0 radical (unpaired) electrons. The molecular weight excluding hydrogens is 193 g/mol. The summed E-state index contributed by atoms with van der Waals surface area (Å²) in [7, 11) is 0. The van der Waals surface area contributed by atoms with Gasteiger partial charge >= 0.3 is 0 Å². The van der Waals surface area contributed by atoms with Gasteiger partial charge in [-0.25, -0.2) is 9.37 Å². The van der Waals surface area contributed by atoms with E-state index in [1.54, 1.807) is 12.1 Å². The Balaban J connectivity index is 2.49. The van der Waals surface area contributed by atoms with Crippen LogP contribution in [0.3, 0.4) is 0 Å². The molecule has 0 atom stereocenters. The van der Waals surface area contributed by atoms with E-state index in [1.165, 1.54) is 18.3 Å². The Labute approximate surface area is 86.8 Å². The minimum Gasteiger partial charge on any atom is -0.382 e. The zero-order chi connectivity index (χ0) is 10.8. The van der Waals surface area contributed by atoms with Crippen LogP contribution in [0.5, 0.6) is 0 Å². The maximum atomic E-state index is 12.7. The third-order valence-electron chi connectivity index (χ3n) is 2.08. The van der Waals surface area contributed by atoms with Gasteiger partial charge in [-0.3, -0.25) is 4.98 Å². The highest BCUT2D eigenvalue weighted by Gasteiger charge is 2.04. The fourth-order valence-corrected chi connectivity index (χ4v) is 1.39. The van der Waals surface area contributed by atoms with Gasteiger partial charge in [0.15, 0.2) is 0 Å². The molecule has 4 heteroatoms. The van der Waals surface area contributed by atoms with Gasteiger partial charge in [-0.2, -0.15) is 0 Å². The van der Waals surface area contributed by atoms with E-state index in [9.17, 15) is 4.39 Å². The van der Waals surface area contributed by atoms with Crippen LogP contribution in [0.4, 0.5) is 10.2 Å². The summed E-state index contributed by atoms with van der Waals surface area (Å²) in [6.07, 6.45) is 1.49. The van der Waals surface area contributed by atoms with Crippen molar-refractivity contribution in [3.05, 3.63) is 42.0 Å². The van der Waals surface area contributed by atoms with Crippen LogP contribution in [0.2, 0.25) is 0 Å².